The number of aliphatic hydroxyl groups is 1. The number of carbonyl (C=O) groups excluding carboxylic acids is 1. The Hall–Kier alpha value is -1.31. The quantitative estimate of drug-likeness (QED) is 0.721. The lowest BCUT2D eigenvalue weighted by atomic mass is 9.80. The van der Waals surface area contributed by atoms with Crippen LogP contribution in [0.15, 0.2) is 0 Å². The van der Waals surface area contributed by atoms with E-state index in [0.29, 0.717) is 12.8 Å². The molecular weight excluding hydrogens is 291 g/mol. The van der Waals surface area contributed by atoms with Gasteiger partial charge in [-0.15, -0.1) is 0 Å². The summed E-state index contributed by atoms with van der Waals surface area (Å²) in [5.41, 5.74) is -1.63. The summed E-state index contributed by atoms with van der Waals surface area (Å²) < 4.78 is 38.0. The minimum atomic E-state index is -4.30. The normalized spacial score (nSPS) is 26.0. The number of alkyl halides is 3. The largest absolute Gasteiger partial charge is 0.481 e. The Morgan fingerprint density at radius 1 is 1.29 bits per heavy atom. The van der Waals surface area contributed by atoms with Crippen LogP contribution in [-0.2, 0) is 9.59 Å². The van der Waals surface area contributed by atoms with Gasteiger partial charge in [-0.25, -0.2) is 0 Å². The van der Waals surface area contributed by atoms with Gasteiger partial charge in [0.25, 0.3) is 0 Å². The lowest BCUT2D eigenvalue weighted by Crippen LogP contribution is -2.45. The Morgan fingerprint density at radius 3 is 2.43 bits per heavy atom. The third-order valence-corrected chi connectivity index (χ3v) is 3.68. The highest BCUT2D eigenvalue weighted by Gasteiger charge is 2.43. The summed E-state index contributed by atoms with van der Waals surface area (Å²) in [6, 6.07) is 0. The van der Waals surface area contributed by atoms with Gasteiger partial charge < -0.3 is 15.5 Å². The van der Waals surface area contributed by atoms with Crippen LogP contribution in [0.5, 0.6) is 0 Å². The first-order valence-electron chi connectivity index (χ1n) is 6.80. The molecule has 3 unspecified atom stereocenters. The van der Waals surface area contributed by atoms with E-state index < -0.39 is 41.9 Å². The second kappa shape index (κ2) is 6.64. The predicted molar refractivity (Wildman–Crippen MR) is 67.4 cm³/mol. The Balaban J connectivity index is 2.50. The smallest absolute Gasteiger partial charge is 0.391 e. The molecule has 0 aromatic rings. The van der Waals surface area contributed by atoms with Crippen LogP contribution in [0.3, 0.4) is 0 Å². The first-order valence-corrected chi connectivity index (χ1v) is 6.80. The molecule has 21 heavy (non-hydrogen) atoms. The Bertz CT molecular complexity index is 395. The fraction of sp³-hybridized carbons (Fsp3) is 0.846. The molecule has 0 saturated heterocycles. The molecule has 1 aliphatic rings. The van der Waals surface area contributed by atoms with E-state index in [1.807, 2.05) is 0 Å². The molecular formula is C13H20F3NO4. The molecule has 1 fully saturated rings. The summed E-state index contributed by atoms with van der Waals surface area (Å²) in [6.45, 7) is 0.951. The third kappa shape index (κ3) is 5.91. The average Bonchev–Trinajstić information content (AvgIpc) is 2.33. The van der Waals surface area contributed by atoms with E-state index in [2.05, 4.69) is 5.32 Å². The number of rotatable bonds is 5. The van der Waals surface area contributed by atoms with Gasteiger partial charge in [0, 0.05) is 12.5 Å². The van der Waals surface area contributed by atoms with Crippen molar-refractivity contribution in [2.45, 2.75) is 50.8 Å². The number of carboxylic acid groups (broad SMARTS) is 1. The molecule has 122 valence electrons. The van der Waals surface area contributed by atoms with Gasteiger partial charge >= 0.3 is 12.1 Å². The maximum atomic E-state index is 12.7. The lowest BCUT2D eigenvalue weighted by molar-refractivity contribution is -0.186. The van der Waals surface area contributed by atoms with Gasteiger partial charge in [0.1, 0.15) is 0 Å². The van der Waals surface area contributed by atoms with Crippen molar-refractivity contribution in [1.29, 1.82) is 0 Å². The van der Waals surface area contributed by atoms with Crippen LogP contribution >= 0.6 is 0 Å². The Morgan fingerprint density at radius 2 is 1.90 bits per heavy atom. The Labute approximate surface area is 120 Å². The molecule has 1 amide bonds. The highest BCUT2D eigenvalue weighted by Crippen LogP contribution is 2.39. The van der Waals surface area contributed by atoms with E-state index >= 15 is 0 Å². The molecule has 3 atom stereocenters. The highest BCUT2D eigenvalue weighted by atomic mass is 19.4. The number of carboxylic acids is 1. The molecule has 3 N–H and O–H groups in total. The van der Waals surface area contributed by atoms with Crippen molar-refractivity contribution in [2.24, 2.45) is 11.8 Å². The zero-order valence-electron chi connectivity index (χ0n) is 11.7. The van der Waals surface area contributed by atoms with E-state index in [4.69, 9.17) is 5.11 Å². The minimum Gasteiger partial charge on any atom is -0.481 e. The van der Waals surface area contributed by atoms with E-state index in [0.717, 1.165) is 0 Å². The molecule has 0 aliphatic heterocycles. The Kier molecular flexibility index (Phi) is 5.61. The lowest BCUT2D eigenvalue weighted by Gasteiger charge is -2.30. The first-order chi connectivity index (χ1) is 9.51. The molecule has 1 saturated carbocycles. The molecule has 5 nitrogen and oxygen atoms in total. The van der Waals surface area contributed by atoms with Crippen LogP contribution in [0.1, 0.15) is 39.0 Å². The summed E-state index contributed by atoms with van der Waals surface area (Å²) in [7, 11) is 0. The van der Waals surface area contributed by atoms with E-state index in [1.54, 1.807) is 0 Å². The van der Waals surface area contributed by atoms with Crippen molar-refractivity contribution in [2.75, 3.05) is 6.54 Å². The van der Waals surface area contributed by atoms with E-state index in [1.165, 1.54) is 6.92 Å². The van der Waals surface area contributed by atoms with E-state index in [-0.39, 0.29) is 19.4 Å². The number of nitrogens with one attached hydrogen (secondary N) is 1. The second-order valence-electron chi connectivity index (χ2n) is 5.89. The third-order valence-electron chi connectivity index (χ3n) is 3.68. The standard InChI is InChI=1S/C13H20F3NO4/c1-12(21,6-10(18)19)7-17-11(20)8-3-2-4-9(5-8)13(14,15)16/h8-9,21H,2-7H2,1H3,(H,17,20)(H,18,19). The van der Waals surface area contributed by atoms with Crippen molar-refractivity contribution < 1.29 is 33.0 Å². The second-order valence-corrected chi connectivity index (χ2v) is 5.89. The van der Waals surface area contributed by atoms with Crippen molar-refractivity contribution in [3.8, 4) is 0 Å². The van der Waals surface area contributed by atoms with Crippen molar-refractivity contribution in [3.63, 3.8) is 0 Å². The summed E-state index contributed by atoms with van der Waals surface area (Å²) in [4.78, 5) is 22.4. The van der Waals surface area contributed by atoms with Gasteiger partial charge in [0.15, 0.2) is 0 Å². The number of carbonyl (C=O) groups is 2. The number of hydrogen-bond acceptors (Lipinski definition) is 3. The molecule has 1 rings (SSSR count). The van der Waals surface area contributed by atoms with Gasteiger partial charge in [-0.2, -0.15) is 13.2 Å². The topological polar surface area (TPSA) is 86.6 Å². The zero-order valence-corrected chi connectivity index (χ0v) is 11.7. The summed E-state index contributed by atoms with van der Waals surface area (Å²) in [5, 5.41) is 20.7. The fourth-order valence-corrected chi connectivity index (χ4v) is 2.54. The van der Waals surface area contributed by atoms with Gasteiger partial charge in [-0.05, 0) is 26.2 Å². The highest BCUT2D eigenvalue weighted by molar-refractivity contribution is 5.79. The minimum absolute atomic E-state index is 0.0318. The van der Waals surface area contributed by atoms with Crippen LogP contribution in [-0.4, -0.2) is 40.4 Å². The number of aliphatic carboxylic acids is 1. The summed E-state index contributed by atoms with van der Waals surface area (Å²) in [5.74, 6) is -3.99. The summed E-state index contributed by atoms with van der Waals surface area (Å²) >= 11 is 0. The van der Waals surface area contributed by atoms with Gasteiger partial charge in [-0.1, -0.05) is 6.42 Å². The molecule has 8 heteroatoms. The SMILES string of the molecule is CC(O)(CNC(=O)C1CCCC(C(F)(F)F)C1)CC(=O)O. The van der Waals surface area contributed by atoms with Crippen molar-refractivity contribution in [3.05, 3.63) is 0 Å². The molecule has 1 aliphatic carbocycles. The number of halogens is 3. The molecule has 0 heterocycles. The van der Waals surface area contributed by atoms with Crippen LogP contribution < -0.4 is 5.32 Å². The molecule has 0 spiro atoms. The van der Waals surface area contributed by atoms with Crippen LogP contribution in [0.4, 0.5) is 13.2 Å². The van der Waals surface area contributed by atoms with Crippen LogP contribution in [0.2, 0.25) is 0 Å². The van der Waals surface area contributed by atoms with Gasteiger partial charge in [0.2, 0.25) is 5.91 Å². The van der Waals surface area contributed by atoms with Gasteiger partial charge in [-0.3, -0.25) is 9.59 Å². The molecule has 0 bridgehead atoms. The molecule has 0 aromatic carbocycles. The molecule has 0 radical (unpaired) electrons. The average molecular weight is 311 g/mol. The number of amides is 1. The zero-order chi connectivity index (χ0) is 16.3. The van der Waals surface area contributed by atoms with Crippen LogP contribution in [0.25, 0.3) is 0 Å². The maximum absolute atomic E-state index is 12.7. The maximum Gasteiger partial charge on any atom is 0.391 e. The predicted octanol–water partition coefficient (Wildman–Crippen LogP) is 1.70. The fourth-order valence-electron chi connectivity index (χ4n) is 2.54. The first kappa shape index (κ1) is 17.7. The number of hydrogen-bond donors (Lipinski definition) is 3. The summed E-state index contributed by atoms with van der Waals surface area (Å²) in [6.07, 6.45) is -4.37. The monoisotopic (exact) mass is 311 g/mol. The van der Waals surface area contributed by atoms with Crippen LogP contribution in [0, 0.1) is 11.8 Å². The van der Waals surface area contributed by atoms with Gasteiger partial charge in [0.05, 0.1) is 17.9 Å². The van der Waals surface area contributed by atoms with E-state index in [9.17, 15) is 27.9 Å². The van der Waals surface area contributed by atoms with Crippen molar-refractivity contribution in [1.82, 2.24) is 5.32 Å². The van der Waals surface area contributed by atoms with Crippen molar-refractivity contribution >= 4 is 11.9 Å². The molecule has 0 aromatic heterocycles.